The molecule has 7 nitrogen and oxygen atoms in total. The lowest BCUT2D eigenvalue weighted by molar-refractivity contribution is -0.138. The third kappa shape index (κ3) is 4.35. The second-order valence-corrected chi connectivity index (χ2v) is 9.69. The van der Waals surface area contributed by atoms with E-state index in [0.717, 1.165) is 16.6 Å². The number of aryl methyl sites for hydroxylation is 1. The smallest absolute Gasteiger partial charge is 0.320 e. The van der Waals surface area contributed by atoms with Gasteiger partial charge < -0.3 is 15.7 Å². The Labute approximate surface area is 182 Å². The number of sulfonamides is 1. The molecule has 8 heteroatoms. The summed E-state index contributed by atoms with van der Waals surface area (Å²) in [7, 11) is 1.46. The first-order chi connectivity index (χ1) is 14.5. The summed E-state index contributed by atoms with van der Waals surface area (Å²) in [6.45, 7) is 1.84. The van der Waals surface area contributed by atoms with Gasteiger partial charge in [-0.05, 0) is 48.7 Å². The lowest BCUT2D eigenvalue weighted by atomic mass is 10.0. The number of nitrogens with zero attached hydrogens (tertiary/aromatic N) is 2. The van der Waals surface area contributed by atoms with E-state index in [1.165, 1.54) is 11.4 Å². The Bertz CT molecular complexity index is 1240. The topological polar surface area (TPSA) is 104 Å². The van der Waals surface area contributed by atoms with Gasteiger partial charge in [-0.25, -0.2) is 8.42 Å². The summed E-state index contributed by atoms with van der Waals surface area (Å²) in [4.78, 5) is 13.3. The maximum absolute atomic E-state index is 13.5. The summed E-state index contributed by atoms with van der Waals surface area (Å²) >= 11 is 0. The van der Waals surface area contributed by atoms with Crippen LogP contribution < -0.4 is 14.9 Å². The molecule has 0 aliphatic carbocycles. The molecule has 0 amide bonds. The second-order valence-electron chi connectivity index (χ2n) is 7.76. The van der Waals surface area contributed by atoms with Crippen LogP contribution in [0, 0.1) is 6.92 Å². The Morgan fingerprint density at radius 3 is 2.32 bits per heavy atom. The minimum atomic E-state index is -3.87. The molecule has 0 aliphatic heterocycles. The van der Waals surface area contributed by atoms with Gasteiger partial charge in [0, 0.05) is 37.6 Å². The van der Waals surface area contributed by atoms with Crippen LogP contribution in [0.4, 0.5) is 11.4 Å². The van der Waals surface area contributed by atoms with Crippen LogP contribution >= 0.6 is 0 Å². The van der Waals surface area contributed by atoms with Gasteiger partial charge in [0.2, 0.25) is 0 Å². The largest absolute Gasteiger partial charge is 0.480 e. The predicted molar refractivity (Wildman–Crippen MR) is 124 cm³/mol. The van der Waals surface area contributed by atoms with Gasteiger partial charge in [0.05, 0.1) is 10.6 Å². The summed E-state index contributed by atoms with van der Waals surface area (Å²) in [6, 6.07) is 14.9. The van der Waals surface area contributed by atoms with E-state index in [0.29, 0.717) is 16.6 Å². The van der Waals surface area contributed by atoms with Crippen LogP contribution in [-0.4, -0.2) is 46.7 Å². The van der Waals surface area contributed by atoms with E-state index in [2.05, 4.69) is 0 Å². The SMILES string of the molecule is Cc1ccc(N(C)S(=O)(=O)c2cccc3c(N(C)C)cccc23)cc1C[C@H](N)C(=O)O. The number of nitrogens with two attached hydrogens (primary N) is 1. The van der Waals surface area contributed by atoms with Crippen LogP contribution in [-0.2, 0) is 21.2 Å². The van der Waals surface area contributed by atoms with E-state index in [4.69, 9.17) is 10.8 Å². The zero-order chi connectivity index (χ0) is 22.9. The van der Waals surface area contributed by atoms with Crippen molar-refractivity contribution in [3.05, 3.63) is 65.7 Å². The van der Waals surface area contributed by atoms with Gasteiger partial charge >= 0.3 is 5.97 Å². The molecule has 3 rings (SSSR count). The maximum atomic E-state index is 13.5. The average molecular weight is 442 g/mol. The number of carbonyl (C=O) groups is 1. The molecule has 3 N–H and O–H groups in total. The summed E-state index contributed by atoms with van der Waals surface area (Å²) in [6.07, 6.45) is 0.114. The van der Waals surface area contributed by atoms with Crippen molar-refractivity contribution in [1.29, 1.82) is 0 Å². The van der Waals surface area contributed by atoms with Crippen molar-refractivity contribution in [1.82, 2.24) is 0 Å². The van der Waals surface area contributed by atoms with Crippen molar-refractivity contribution in [2.45, 2.75) is 24.3 Å². The highest BCUT2D eigenvalue weighted by atomic mass is 32.2. The zero-order valence-corrected chi connectivity index (χ0v) is 18.8. The van der Waals surface area contributed by atoms with Crippen molar-refractivity contribution >= 4 is 38.1 Å². The highest BCUT2D eigenvalue weighted by Gasteiger charge is 2.25. The lowest BCUT2D eigenvalue weighted by Crippen LogP contribution is -2.32. The van der Waals surface area contributed by atoms with Crippen molar-refractivity contribution < 1.29 is 18.3 Å². The fourth-order valence-electron chi connectivity index (χ4n) is 3.56. The van der Waals surface area contributed by atoms with Crippen LogP contribution in [0.25, 0.3) is 10.8 Å². The molecule has 1 atom stereocenters. The quantitative estimate of drug-likeness (QED) is 0.584. The summed E-state index contributed by atoms with van der Waals surface area (Å²) < 4.78 is 28.3. The fraction of sp³-hybridized carbons (Fsp3) is 0.261. The Morgan fingerprint density at radius 1 is 1.03 bits per heavy atom. The molecular weight excluding hydrogens is 414 g/mol. The Balaban J connectivity index is 2.08. The van der Waals surface area contributed by atoms with Crippen molar-refractivity contribution in [2.75, 3.05) is 30.3 Å². The standard InChI is InChI=1S/C23H27N3O4S/c1-15-11-12-17(13-16(15)14-20(24)23(27)28)26(4)31(29,30)22-10-6-7-18-19(22)8-5-9-21(18)25(2)3/h5-13,20H,14,24H2,1-4H3,(H,27,28)/t20-/m0/s1. The summed E-state index contributed by atoms with van der Waals surface area (Å²) in [5.41, 5.74) is 8.61. The van der Waals surface area contributed by atoms with Gasteiger partial charge in [-0.15, -0.1) is 0 Å². The maximum Gasteiger partial charge on any atom is 0.320 e. The van der Waals surface area contributed by atoms with Gasteiger partial charge in [-0.2, -0.15) is 0 Å². The molecule has 3 aromatic carbocycles. The number of anilines is 2. The Morgan fingerprint density at radius 2 is 1.68 bits per heavy atom. The summed E-state index contributed by atoms with van der Waals surface area (Å²) in [5.74, 6) is -1.10. The van der Waals surface area contributed by atoms with Gasteiger partial charge in [0.1, 0.15) is 6.04 Å². The number of fused-ring (bicyclic) bond motifs is 1. The van der Waals surface area contributed by atoms with E-state index >= 15 is 0 Å². The first-order valence-electron chi connectivity index (χ1n) is 9.80. The number of carboxylic acid groups (broad SMARTS) is 1. The van der Waals surface area contributed by atoms with Crippen LogP contribution in [0.2, 0.25) is 0 Å². The van der Waals surface area contributed by atoms with Crippen molar-refractivity contribution in [3.8, 4) is 0 Å². The molecule has 0 saturated carbocycles. The van der Waals surface area contributed by atoms with E-state index in [9.17, 15) is 13.2 Å². The first-order valence-corrected chi connectivity index (χ1v) is 11.2. The minimum Gasteiger partial charge on any atom is -0.480 e. The molecule has 0 aliphatic rings. The normalized spacial score (nSPS) is 12.5. The molecule has 164 valence electrons. The van der Waals surface area contributed by atoms with Gasteiger partial charge in [0.25, 0.3) is 10.0 Å². The number of aliphatic carboxylic acids is 1. The number of hydrogen-bond acceptors (Lipinski definition) is 5. The second kappa shape index (κ2) is 8.56. The monoisotopic (exact) mass is 441 g/mol. The molecular formula is C23H27N3O4S. The van der Waals surface area contributed by atoms with Gasteiger partial charge in [0.15, 0.2) is 0 Å². The molecule has 0 radical (unpaired) electrons. The molecule has 3 aromatic rings. The van der Waals surface area contributed by atoms with Gasteiger partial charge in [-0.1, -0.05) is 30.3 Å². The van der Waals surface area contributed by atoms with Crippen LogP contribution in [0.1, 0.15) is 11.1 Å². The lowest BCUT2D eigenvalue weighted by Gasteiger charge is -2.23. The van der Waals surface area contributed by atoms with E-state index in [1.54, 1.807) is 36.4 Å². The number of rotatable bonds is 7. The number of hydrogen-bond donors (Lipinski definition) is 2. The van der Waals surface area contributed by atoms with E-state index in [-0.39, 0.29) is 11.3 Å². The predicted octanol–water partition coefficient (Wildman–Crippen LogP) is 2.99. The molecule has 0 saturated heterocycles. The molecule has 0 bridgehead atoms. The average Bonchev–Trinajstić information content (AvgIpc) is 2.73. The van der Waals surface area contributed by atoms with Gasteiger partial charge in [-0.3, -0.25) is 9.10 Å². The molecule has 0 spiro atoms. The molecule has 0 unspecified atom stereocenters. The Kier molecular flexibility index (Phi) is 6.24. The van der Waals surface area contributed by atoms with Crippen LogP contribution in [0.15, 0.2) is 59.5 Å². The third-order valence-corrected chi connectivity index (χ3v) is 7.28. The van der Waals surface area contributed by atoms with Crippen LogP contribution in [0.3, 0.4) is 0 Å². The molecule has 0 heterocycles. The zero-order valence-electron chi connectivity index (χ0n) is 18.0. The van der Waals surface area contributed by atoms with Crippen LogP contribution in [0.5, 0.6) is 0 Å². The fourth-order valence-corrected chi connectivity index (χ4v) is 4.96. The summed E-state index contributed by atoms with van der Waals surface area (Å²) in [5, 5.41) is 10.6. The highest BCUT2D eigenvalue weighted by molar-refractivity contribution is 7.93. The van der Waals surface area contributed by atoms with Crippen molar-refractivity contribution in [3.63, 3.8) is 0 Å². The molecule has 0 aromatic heterocycles. The molecule has 0 fully saturated rings. The Hall–Kier alpha value is -3.10. The molecule has 31 heavy (non-hydrogen) atoms. The number of benzene rings is 3. The first kappa shape index (κ1) is 22.6. The van der Waals surface area contributed by atoms with E-state index < -0.39 is 22.0 Å². The third-order valence-electron chi connectivity index (χ3n) is 5.43. The minimum absolute atomic E-state index is 0.114. The number of carboxylic acids is 1. The highest BCUT2D eigenvalue weighted by Crippen LogP contribution is 2.33. The van der Waals surface area contributed by atoms with E-state index in [1.807, 2.05) is 44.1 Å². The van der Waals surface area contributed by atoms with Crippen molar-refractivity contribution in [2.24, 2.45) is 5.73 Å².